The summed E-state index contributed by atoms with van der Waals surface area (Å²) in [4.78, 5) is 24.8. The third kappa shape index (κ3) is 3.07. The predicted octanol–water partition coefficient (Wildman–Crippen LogP) is -0.672. The lowest BCUT2D eigenvalue weighted by molar-refractivity contribution is -0.146. The number of piperazine rings is 1. The van der Waals surface area contributed by atoms with Crippen LogP contribution < -0.4 is 10.6 Å². The lowest BCUT2D eigenvalue weighted by atomic mass is 10.3. The van der Waals surface area contributed by atoms with Crippen LogP contribution >= 0.6 is 0 Å². The molecule has 0 radical (unpaired) electrons. The fourth-order valence-electron chi connectivity index (χ4n) is 1.67. The molecule has 0 saturated carbocycles. The van der Waals surface area contributed by atoms with E-state index in [0.717, 1.165) is 13.1 Å². The summed E-state index contributed by atoms with van der Waals surface area (Å²) in [5.74, 6) is -0.423. The number of furan rings is 1. The zero-order valence-electron chi connectivity index (χ0n) is 9.44. The van der Waals surface area contributed by atoms with Crippen molar-refractivity contribution in [1.82, 2.24) is 15.5 Å². The van der Waals surface area contributed by atoms with Crippen molar-refractivity contribution in [3.63, 3.8) is 0 Å². The molecular formula is C11H15N3O3. The molecule has 2 amide bonds. The number of carbonyl (C=O) groups is 2. The van der Waals surface area contributed by atoms with Crippen LogP contribution in [0, 0.1) is 0 Å². The van der Waals surface area contributed by atoms with E-state index >= 15 is 0 Å². The molecule has 2 heterocycles. The normalized spacial score (nSPS) is 15.6. The van der Waals surface area contributed by atoms with E-state index in [1.807, 2.05) is 0 Å². The highest BCUT2D eigenvalue weighted by molar-refractivity contribution is 6.34. The van der Waals surface area contributed by atoms with Gasteiger partial charge in [0.2, 0.25) is 0 Å². The summed E-state index contributed by atoms with van der Waals surface area (Å²) in [7, 11) is 0. The second kappa shape index (κ2) is 5.49. The number of nitrogens with zero attached hydrogens (tertiary/aromatic N) is 1. The molecule has 1 aromatic rings. The van der Waals surface area contributed by atoms with Crippen molar-refractivity contribution in [2.75, 3.05) is 26.2 Å². The molecule has 1 saturated heterocycles. The Balaban J connectivity index is 1.80. The largest absolute Gasteiger partial charge is 0.467 e. The van der Waals surface area contributed by atoms with E-state index < -0.39 is 11.8 Å². The molecule has 0 aliphatic carbocycles. The van der Waals surface area contributed by atoms with E-state index in [1.54, 1.807) is 17.0 Å². The zero-order valence-corrected chi connectivity index (χ0v) is 9.44. The first-order chi connectivity index (χ1) is 8.27. The van der Waals surface area contributed by atoms with Crippen LogP contribution in [0.5, 0.6) is 0 Å². The molecule has 0 atom stereocenters. The van der Waals surface area contributed by atoms with Crippen molar-refractivity contribution in [3.8, 4) is 0 Å². The van der Waals surface area contributed by atoms with Crippen molar-refractivity contribution in [2.24, 2.45) is 0 Å². The van der Waals surface area contributed by atoms with Crippen molar-refractivity contribution in [3.05, 3.63) is 24.2 Å². The summed E-state index contributed by atoms with van der Waals surface area (Å²) in [6.07, 6.45) is 1.53. The average molecular weight is 237 g/mol. The summed E-state index contributed by atoms with van der Waals surface area (Å²) in [5, 5.41) is 5.66. The lowest BCUT2D eigenvalue weighted by Gasteiger charge is -2.26. The van der Waals surface area contributed by atoms with Crippen LogP contribution in [-0.2, 0) is 16.1 Å². The molecule has 0 bridgehead atoms. The number of carbonyl (C=O) groups excluding carboxylic acids is 2. The minimum absolute atomic E-state index is 0.240. The van der Waals surface area contributed by atoms with Gasteiger partial charge in [-0.1, -0.05) is 0 Å². The van der Waals surface area contributed by atoms with Crippen LogP contribution in [0.1, 0.15) is 5.76 Å². The fourth-order valence-corrected chi connectivity index (χ4v) is 1.67. The van der Waals surface area contributed by atoms with E-state index in [2.05, 4.69) is 10.6 Å². The molecule has 2 rings (SSSR count). The quantitative estimate of drug-likeness (QED) is 0.669. The van der Waals surface area contributed by atoms with Gasteiger partial charge < -0.3 is 20.0 Å². The molecule has 1 aliphatic rings. The van der Waals surface area contributed by atoms with E-state index in [0.29, 0.717) is 18.8 Å². The van der Waals surface area contributed by atoms with Gasteiger partial charge in [0, 0.05) is 26.2 Å². The van der Waals surface area contributed by atoms with Crippen LogP contribution in [0.25, 0.3) is 0 Å². The van der Waals surface area contributed by atoms with Crippen LogP contribution in [0.4, 0.5) is 0 Å². The van der Waals surface area contributed by atoms with Crippen molar-refractivity contribution in [2.45, 2.75) is 6.54 Å². The predicted molar refractivity (Wildman–Crippen MR) is 60.0 cm³/mol. The summed E-state index contributed by atoms with van der Waals surface area (Å²) in [5.41, 5.74) is 0. The maximum absolute atomic E-state index is 11.7. The molecular weight excluding hydrogens is 222 g/mol. The van der Waals surface area contributed by atoms with Gasteiger partial charge in [-0.2, -0.15) is 0 Å². The molecule has 1 fully saturated rings. The van der Waals surface area contributed by atoms with Crippen LogP contribution in [0.3, 0.4) is 0 Å². The maximum atomic E-state index is 11.7. The molecule has 1 aliphatic heterocycles. The number of hydrogen-bond acceptors (Lipinski definition) is 4. The second-order valence-corrected chi connectivity index (χ2v) is 3.80. The first-order valence-electron chi connectivity index (χ1n) is 5.57. The highest BCUT2D eigenvalue weighted by Crippen LogP contribution is 1.99. The summed E-state index contributed by atoms with van der Waals surface area (Å²) in [6.45, 7) is 2.86. The van der Waals surface area contributed by atoms with Crippen molar-refractivity contribution in [1.29, 1.82) is 0 Å². The Labute approximate surface area is 99.0 Å². The van der Waals surface area contributed by atoms with Gasteiger partial charge in [-0.15, -0.1) is 0 Å². The minimum atomic E-state index is -0.580. The van der Waals surface area contributed by atoms with Crippen LogP contribution in [0.15, 0.2) is 22.8 Å². The Morgan fingerprint density at radius 1 is 1.41 bits per heavy atom. The zero-order chi connectivity index (χ0) is 12.1. The molecule has 0 spiro atoms. The Hall–Kier alpha value is -1.82. The van der Waals surface area contributed by atoms with Crippen molar-refractivity contribution >= 4 is 11.8 Å². The maximum Gasteiger partial charge on any atom is 0.311 e. The van der Waals surface area contributed by atoms with Gasteiger partial charge in [0.15, 0.2) is 0 Å². The average Bonchev–Trinajstić information content (AvgIpc) is 2.89. The third-order valence-corrected chi connectivity index (χ3v) is 2.60. The molecule has 2 N–H and O–H groups in total. The Kier molecular flexibility index (Phi) is 3.77. The van der Waals surface area contributed by atoms with E-state index in [9.17, 15) is 9.59 Å². The molecule has 17 heavy (non-hydrogen) atoms. The topological polar surface area (TPSA) is 74.6 Å². The first-order valence-corrected chi connectivity index (χ1v) is 5.57. The fraction of sp³-hybridized carbons (Fsp3) is 0.455. The second-order valence-electron chi connectivity index (χ2n) is 3.80. The van der Waals surface area contributed by atoms with Gasteiger partial charge in [0.25, 0.3) is 0 Å². The van der Waals surface area contributed by atoms with Crippen LogP contribution in [0.2, 0.25) is 0 Å². The van der Waals surface area contributed by atoms with Gasteiger partial charge in [-0.3, -0.25) is 9.59 Å². The first kappa shape index (κ1) is 11.7. The van der Waals surface area contributed by atoms with Gasteiger partial charge in [-0.05, 0) is 12.1 Å². The minimum Gasteiger partial charge on any atom is -0.467 e. The smallest absolute Gasteiger partial charge is 0.311 e. The molecule has 6 heteroatoms. The molecule has 1 aromatic heterocycles. The third-order valence-electron chi connectivity index (χ3n) is 2.60. The van der Waals surface area contributed by atoms with Gasteiger partial charge in [0.05, 0.1) is 12.8 Å². The number of nitrogens with one attached hydrogen (secondary N) is 2. The highest BCUT2D eigenvalue weighted by atomic mass is 16.3. The summed E-state index contributed by atoms with van der Waals surface area (Å²) >= 11 is 0. The Morgan fingerprint density at radius 3 is 2.82 bits per heavy atom. The summed E-state index contributed by atoms with van der Waals surface area (Å²) in [6, 6.07) is 3.48. The molecule has 0 unspecified atom stereocenters. The molecule has 6 nitrogen and oxygen atoms in total. The molecule has 0 aromatic carbocycles. The lowest BCUT2D eigenvalue weighted by Crippen LogP contribution is -2.51. The SMILES string of the molecule is O=C(NCc1ccco1)C(=O)N1CCNCC1. The van der Waals surface area contributed by atoms with E-state index in [-0.39, 0.29) is 6.54 Å². The highest BCUT2D eigenvalue weighted by Gasteiger charge is 2.22. The monoisotopic (exact) mass is 237 g/mol. The van der Waals surface area contributed by atoms with Gasteiger partial charge in [-0.25, -0.2) is 0 Å². The van der Waals surface area contributed by atoms with Crippen LogP contribution in [-0.4, -0.2) is 42.9 Å². The summed E-state index contributed by atoms with van der Waals surface area (Å²) < 4.78 is 5.06. The number of hydrogen-bond donors (Lipinski definition) is 2. The standard InChI is InChI=1S/C11H15N3O3/c15-10(13-8-9-2-1-7-17-9)11(16)14-5-3-12-4-6-14/h1-2,7,12H,3-6,8H2,(H,13,15). The number of rotatable bonds is 2. The Bertz CT molecular complexity index is 383. The molecule has 92 valence electrons. The van der Waals surface area contributed by atoms with E-state index in [1.165, 1.54) is 6.26 Å². The van der Waals surface area contributed by atoms with Gasteiger partial charge >= 0.3 is 11.8 Å². The van der Waals surface area contributed by atoms with Crippen molar-refractivity contribution < 1.29 is 14.0 Å². The Morgan fingerprint density at radius 2 is 2.18 bits per heavy atom. The van der Waals surface area contributed by atoms with Gasteiger partial charge in [0.1, 0.15) is 5.76 Å². The van der Waals surface area contributed by atoms with E-state index in [4.69, 9.17) is 4.42 Å². The number of amides is 2.